The van der Waals surface area contributed by atoms with E-state index >= 15 is 0 Å². The number of aliphatic hydroxyl groups is 1. The SMILES string of the molecule is CCC(O)Cc1cccc(-c2ccccc2CCCCl)c1O. The van der Waals surface area contributed by atoms with E-state index in [1.165, 1.54) is 5.56 Å². The summed E-state index contributed by atoms with van der Waals surface area (Å²) in [7, 11) is 0. The predicted octanol–water partition coefficient (Wildman–Crippen LogP) is 4.54. The van der Waals surface area contributed by atoms with E-state index in [2.05, 4.69) is 6.07 Å². The summed E-state index contributed by atoms with van der Waals surface area (Å²) in [5.41, 5.74) is 3.84. The molecule has 0 bridgehead atoms. The van der Waals surface area contributed by atoms with Crippen molar-refractivity contribution in [1.29, 1.82) is 0 Å². The molecule has 0 aromatic heterocycles. The van der Waals surface area contributed by atoms with Gasteiger partial charge in [0.25, 0.3) is 0 Å². The van der Waals surface area contributed by atoms with Gasteiger partial charge in [-0.3, -0.25) is 0 Å². The summed E-state index contributed by atoms with van der Waals surface area (Å²) in [6.07, 6.45) is 2.53. The molecular weight excluding hydrogens is 296 g/mol. The number of aryl methyl sites for hydroxylation is 1. The Labute approximate surface area is 137 Å². The quantitative estimate of drug-likeness (QED) is 0.736. The number of aromatic hydroxyl groups is 1. The van der Waals surface area contributed by atoms with E-state index in [0.717, 1.165) is 29.5 Å². The maximum atomic E-state index is 10.6. The van der Waals surface area contributed by atoms with Gasteiger partial charge in [-0.1, -0.05) is 49.4 Å². The minimum Gasteiger partial charge on any atom is -0.507 e. The van der Waals surface area contributed by atoms with Crippen LogP contribution in [-0.2, 0) is 12.8 Å². The average Bonchev–Trinajstić information content (AvgIpc) is 2.55. The third-order valence-corrected chi connectivity index (χ3v) is 4.20. The number of aliphatic hydroxyl groups excluding tert-OH is 1. The van der Waals surface area contributed by atoms with Crippen LogP contribution in [0.5, 0.6) is 5.75 Å². The molecule has 0 spiro atoms. The summed E-state index contributed by atoms with van der Waals surface area (Å²) < 4.78 is 0. The zero-order valence-electron chi connectivity index (χ0n) is 12.9. The van der Waals surface area contributed by atoms with Crippen LogP contribution in [0.1, 0.15) is 30.9 Å². The minimum atomic E-state index is -0.423. The molecule has 0 aliphatic heterocycles. The third kappa shape index (κ3) is 4.02. The molecule has 22 heavy (non-hydrogen) atoms. The number of rotatable bonds is 7. The van der Waals surface area contributed by atoms with E-state index in [1.54, 1.807) is 0 Å². The van der Waals surface area contributed by atoms with Gasteiger partial charge in [-0.15, -0.1) is 11.6 Å². The van der Waals surface area contributed by atoms with Gasteiger partial charge in [0, 0.05) is 17.9 Å². The first kappa shape index (κ1) is 16.9. The first-order chi connectivity index (χ1) is 10.7. The van der Waals surface area contributed by atoms with Crippen molar-refractivity contribution in [2.24, 2.45) is 0 Å². The Balaban J connectivity index is 2.39. The lowest BCUT2D eigenvalue weighted by Gasteiger charge is -2.15. The molecule has 0 aliphatic carbocycles. The van der Waals surface area contributed by atoms with Crippen molar-refractivity contribution in [3.8, 4) is 16.9 Å². The molecule has 0 amide bonds. The van der Waals surface area contributed by atoms with Crippen LogP contribution in [0.2, 0.25) is 0 Å². The summed E-state index contributed by atoms with van der Waals surface area (Å²) in [5, 5.41) is 20.4. The van der Waals surface area contributed by atoms with E-state index < -0.39 is 6.10 Å². The summed E-state index contributed by atoms with van der Waals surface area (Å²) in [5.74, 6) is 0.900. The highest BCUT2D eigenvalue weighted by atomic mass is 35.5. The van der Waals surface area contributed by atoms with Crippen LogP contribution in [0.4, 0.5) is 0 Å². The largest absolute Gasteiger partial charge is 0.507 e. The van der Waals surface area contributed by atoms with Crippen molar-refractivity contribution in [3.63, 3.8) is 0 Å². The van der Waals surface area contributed by atoms with Gasteiger partial charge in [0.15, 0.2) is 0 Å². The third-order valence-electron chi connectivity index (χ3n) is 3.93. The summed E-state index contributed by atoms with van der Waals surface area (Å²) >= 11 is 5.80. The zero-order valence-corrected chi connectivity index (χ0v) is 13.7. The Morgan fingerprint density at radius 1 is 1.00 bits per heavy atom. The fraction of sp³-hybridized carbons (Fsp3) is 0.368. The smallest absolute Gasteiger partial charge is 0.126 e. The number of benzene rings is 2. The fourth-order valence-electron chi connectivity index (χ4n) is 2.63. The lowest BCUT2D eigenvalue weighted by molar-refractivity contribution is 0.170. The highest BCUT2D eigenvalue weighted by molar-refractivity contribution is 6.17. The number of phenols is 1. The van der Waals surface area contributed by atoms with Crippen LogP contribution in [0.3, 0.4) is 0 Å². The second-order valence-corrected chi connectivity index (χ2v) is 5.91. The van der Waals surface area contributed by atoms with Crippen molar-refractivity contribution < 1.29 is 10.2 Å². The maximum absolute atomic E-state index is 10.6. The van der Waals surface area contributed by atoms with Crippen LogP contribution in [0.25, 0.3) is 11.1 Å². The van der Waals surface area contributed by atoms with Crippen LogP contribution in [-0.4, -0.2) is 22.2 Å². The Morgan fingerprint density at radius 3 is 2.41 bits per heavy atom. The Hall–Kier alpha value is -1.51. The molecule has 3 heteroatoms. The van der Waals surface area contributed by atoms with Gasteiger partial charge in [-0.05, 0) is 36.0 Å². The van der Waals surface area contributed by atoms with Crippen LogP contribution < -0.4 is 0 Å². The second-order valence-electron chi connectivity index (χ2n) is 5.53. The molecule has 2 nitrogen and oxygen atoms in total. The normalized spacial score (nSPS) is 12.3. The molecule has 118 valence electrons. The summed E-state index contributed by atoms with van der Waals surface area (Å²) in [6.45, 7) is 1.94. The van der Waals surface area contributed by atoms with Gasteiger partial charge < -0.3 is 10.2 Å². The number of alkyl halides is 1. The van der Waals surface area contributed by atoms with Crippen LogP contribution >= 0.6 is 11.6 Å². The molecule has 1 atom stereocenters. The molecule has 0 radical (unpaired) electrons. The van der Waals surface area contributed by atoms with E-state index in [4.69, 9.17) is 11.6 Å². The van der Waals surface area contributed by atoms with Gasteiger partial charge in [0.1, 0.15) is 5.75 Å². The number of para-hydroxylation sites is 1. The molecular formula is C19H23ClO2. The Kier molecular flexibility index (Phi) is 6.29. The predicted molar refractivity (Wildman–Crippen MR) is 92.6 cm³/mol. The van der Waals surface area contributed by atoms with E-state index in [1.807, 2.05) is 43.3 Å². The van der Waals surface area contributed by atoms with E-state index in [9.17, 15) is 10.2 Å². The molecule has 2 aromatic carbocycles. The molecule has 0 saturated carbocycles. The Bertz CT molecular complexity index is 610. The van der Waals surface area contributed by atoms with Crippen molar-refractivity contribution in [1.82, 2.24) is 0 Å². The number of halogens is 1. The standard InChI is InChI=1S/C19H23ClO2/c1-2-16(21)13-15-8-5-11-18(19(15)22)17-10-4-3-7-14(17)9-6-12-20/h3-5,7-8,10-11,16,21-22H,2,6,9,12-13H2,1H3. The fourth-order valence-corrected chi connectivity index (χ4v) is 2.76. The molecule has 0 aliphatic rings. The van der Waals surface area contributed by atoms with Crippen molar-refractivity contribution in [2.45, 2.75) is 38.7 Å². The summed E-state index contributed by atoms with van der Waals surface area (Å²) in [6, 6.07) is 13.8. The first-order valence-corrected chi connectivity index (χ1v) is 8.34. The minimum absolute atomic E-state index is 0.272. The highest BCUT2D eigenvalue weighted by Gasteiger charge is 2.14. The maximum Gasteiger partial charge on any atom is 0.126 e. The molecule has 1 unspecified atom stereocenters. The van der Waals surface area contributed by atoms with Gasteiger partial charge in [-0.2, -0.15) is 0 Å². The number of hydrogen-bond acceptors (Lipinski definition) is 2. The van der Waals surface area contributed by atoms with Crippen LogP contribution in [0, 0.1) is 0 Å². The molecule has 0 saturated heterocycles. The molecule has 2 N–H and O–H groups in total. The van der Waals surface area contributed by atoms with E-state index in [0.29, 0.717) is 18.7 Å². The van der Waals surface area contributed by atoms with Crippen molar-refractivity contribution >= 4 is 11.6 Å². The van der Waals surface area contributed by atoms with Gasteiger partial charge >= 0.3 is 0 Å². The monoisotopic (exact) mass is 318 g/mol. The van der Waals surface area contributed by atoms with Gasteiger partial charge in [0.05, 0.1) is 6.10 Å². The van der Waals surface area contributed by atoms with Gasteiger partial charge in [-0.25, -0.2) is 0 Å². The second kappa shape index (κ2) is 8.21. The van der Waals surface area contributed by atoms with Crippen molar-refractivity contribution in [2.75, 3.05) is 5.88 Å². The molecule has 0 heterocycles. The van der Waals surface area contributed by atoms with Crippen LogP contribution in [0.15, 0.2) is 42.5 Å². The summed E-state index contributed by atoms with van der Waals surface area (Å²) in [4.78, 5) is 0. The average molecular weight is 319 g/mol. The lowest BCUT2D eigenvalue weighted by Crippen LogP contribution is -2.08. The zero-order chi connectivity index (χ0) is 15.9. The van der Waals surface area contributed by atoms with Gasteiger partial charge in [0.2, 0.25) is 0 Å². The highest BCUT2D eigenvalue weighted by Crippen LogP contribution is 2.35. The molecule has 2 rings (SSSR count). The topological polar surface area (TPSA) is 40.5 Å². The molecule has 0 fully saturated rings. The van der Waals surface area contributed by atoms with E-state index in [-0.39, 0.29) is 5.75 Å². The lowest BCUT2D eigenvalue weighted by atomic mass is 9.93. The Morgan fingerprint density at radius 2 is 1.68 bits per heavy atom. The van der Waals surface area contributed by atoms with Crippen molar-refractivity contribution in [3.05, 3.63) is 53.6 Å². The number of hydrogen-bond donors (Lipinski definition) is 2. The number of phenolic OH excluding ortho intramolecular Hbond substituents is 1. The molecule has 2 aromatic rings. The first-order valence-electron chi connectivity index (χ1n) is 7.80.